The van der Waals surface area contributed by atoms with Gasteiger partial charge in [0, 0.05) is 23.6 Å². The van der Waals surface area contributed by atoms with Crippen molar-refractivity contribution in [1.29, 1.82) is 0 Å². The molecule has 0 amide bonds. The largest absolute Gasteiger partial charge is 0.192 e. The fourth-order valence-electron chi connectivity index (χ4n) is 0.384. The Morgan fingerprint density at radius 1 is 1.33 bits per heavy atom. The van der Waals surface area contributed by atoms with Crippen LogP contribution in [0, 0.1) is 0 Å². The highest BCUT2D eigenvalue weighted by atomic mass is 35.5. The molecule has 5 heteroatoms. The lowest BCUT2D eigenvalue weighted by molar-refractivity contribution is 1.03. The van der Waals surface area contributed by atoms with Crippen molar-refractivity contribution in [3.05, 3.63) is 18.5 Å². The first kappa shape index (κ1) is 6.58. The Kier molecular flexibility index (Phi) is 2.08. The third-order valence-electron chi connectivity index (χ3n) is 0.764. The van der Waals surface area contributed by atoms with E-state index in [0.29, 0.717) is 5.69 Å². The van der Waals surface area contributed by atoms with Crippen molar-refractivity contribution in [2.45, 2.75) is 0 Å². The highest BCUT2D eigenvalue weighted by molar-refractivity contribution is 6.49. The summed E-state index contributed by atoms with van der Waals surface area (Å²) in [6, 6.07) is 1.65. The van der Waals surface area contributed by atoms with Crippen molar-refractivity contribution < 1.29 is 0 Å². The predicted molar refractivity (Wildman–Crippen MR) is 36.2 cm³/mol. The summed E-state index contributed by atoms with van der Waals surface area (Å²) in [7, 11) is 0. The van der Waals surface area contributed by atoms with E-state index in [2.05, 4.69) is 10.2 Å². The number of anilines is 1. The summed E-state index contributed by atoms with van der Waals surface area (Å²) in [5, 5.41) is 7.08. The fourth-order valence-corrected chi connectivity index (χ4v) is 0.584. The molecule has 0 saturated heterocycles. The van der Waals surface area contributed by atoms with E-state index in [4.69, 9.17) is 23.6 Å². The van der Waals surface area contributed by atoms with Gasteiger partial charge >= 0.3 is 0 Å². The van der Waals surface area contributed by atoms with Gasteiger partial charge in [-0.15, -0.1) is 0 Å². The molecule has 1 aromatic rings. The van der Waals surface area contributed by atoms with Gasteiger partial charge in [0.15, 0.2) is 0 Å². The zero-order valence-electron chi connectivity index (χ0n) is 4.33. The standard InChI is InChI=1S/C4H3Cl2N3/c5-9(6)4-1-2-7-8-3-4/h1-3H. The minimum atomic E-state index is 0.605. The Balaban J connectivity index is 2.85. The van der Waals surface area contributed by atoms with Crippen LogP contribution in [0.15, 0.2) is 18.5 Å². The zero-order valence-corrected chi connectivity index (χ0v) is 5.84. The Morgan fingerprint density at radius 3 is 2.44 bits per heavy atom. The molecule has 1 aromatic heterocycles. The molecule has 0 aliphatic carbocycles. The number of nitrogens with zero attached hydrogens (tertiary/aromatic N) is 3. The molecule has 0 spiro atoms. The van der Waals surface area contributed by atoms with E-state index in [-0.39, 0.29) is 0 Å². The van der Waals surface area contributed by atoms with E-state index >= 15 is 0 Å². The van der Waals surface area contributed by atoms with Crippen LogP contribution in [0.25, 0.3) is 0 Å². The number of hydrogen-bond donors (Lipinski definition) is 0. The predicted octanol–water partition coefficient (Wildman–Crippen LogP) is 1.59. The molecule has 0 N–H and O–H groups in total. The summed E-state index contributed by atoms with van der Waals surface area (Å²) < 4.78 is 0.925. The van der Waals surface area contributed by atoms with Crippen LogP contribution in [-0.4, -0.2) is 10.2 Å². The lowest BCUT2D eigenvalue weighted by atomic mass is 10.5. The molecule has 0 saturated carbocycles. The number of rotatable bonds is 1. The highest BCUT2D eigenvalue weighted by Gasteiger charge is 1.95. The first-order chi connectivity index (χ1) is 4.30. The van der Waals surface area contributed by atoms with Crippen molar-refractivity contribution in [3.8, 4) is 0 Å². The average Bonchev–Trinajstić information content (AvgIpc) is 1.90. The molecule has 0 aliphatic heterocycles. The maximum absolute atomic E-state index is 5.33. The van der Waals surface area contributed by atoms with E-state index in [1.165, 1.54) is 12.4 Å². The quantitative estimate of drug-likeness (QED) is 0.590. The van der Waals surface area contributed by atoms with Gasteiger partial charge in [-0.3, -0.25) is 0 Å². The second-order valence-corrected chi connectivity index (χ2v) is 2.18. The second kappa shape index (κ2) is 2.85. The molecule has 0 bridgehead atoms. The second-order valence-electron chi connectivity index (χ2n) is 1.33. The zero-order chi connectivity index (χ0) is 6.69. The summed E-state index contributed by atoms with van der Waals surface area (Å²) >= 11 is 10.7. The van der Waals surface area contributed by atoms with E-state index < -0.39 is 0 Å². The first-order valence-electron chi connectivity index (χ1n) is 2.19. The summed E-state index contributed by atoms with van der Waals surface area (Å²) in [5.41, 5.74) is 0.605. The summed E-state index contributed by atoms with van der Waals surface area (Å²) in [4.78, 5) is 0. The molecule has 48 valence electrons. The number of aromatic nitrogens is 2. The minimum absolute atomic E-state index is 0.605. The Hall–Kier alpha value is -0.540. The normalized spacial score (nSPS) is 9.11. The molecule has 0 fully saturated rings. The Morgan fingerprint density at radius 2 is 2.11 bits per heavy atom. The van der Waals surface area contributed by atoms with Crippen molar-refractivity contribution in [2.24, 2.45) is 0 Å². The molecule has 1 rings (SSSR count). The molecular formula is C4H3Cl2N3. The van der Waals surface area contributed by atoms with Gasteiger partial charge < -0.3 is 0 Å². The van der Waals surface area contributed by atoms with E-state index in [9.17, 15) is 0 Å². The topological polar surface area (TPSA) is 29.0 Å². The van der Waals surface area contributed by atoms with Crippen LogP contribution < -0.4 is 3.94 Å². The smallest absolute Gasteiger partial charge is 0.0927 e. The lowest BCUT2D eigenvalue weighted by Crippen LogP contribution is -1.92. The molecule has 0 atom stereocenters. The van der Waals surface area contributed by atoms with Gasteiger partial charge in [-0.25, -0.2) is 0 Å². The van der Waals surface area contributed by atoms with Gasteiger partial charge in [0.2, 0.25) is 0 Å². The highest BCUT2D eigenvalue weighted by Crippen LogP contribution is 2.14. The monoisotopic (exact) mass is 163 g/mol. The van der Waals surface area contributed by atoms with Crippen LogP contribution >= 0.6 is 23.6 Å². The van der Waals surface area contributed by atoms with E-state index in [1.54, 1.807) is 6.07 Å². The van der Waals surface area contributed by atoms with E-state index in [0.717, 1.165) is 3.94 Å². The number of halogens is 2. The maximum Gasteiger partial charge on any atom is 0.0927 e. The van der Waals surface area contributed by atoms with Crippen LogP contribution in [0.5, 0.6) is 0 Å². The summed E-state index contributed by atoms with van der Waals surface area (Å²) in [5.74, 6) is 0. The van der Waals surface area contributed by atoms with Crippen molar-refractivity contribution in [2.75, 3.05) is 3.94 Å². The van der Waals surface area contributed by atoms with Gasteiger partial charge in [-0.2, -0.15) is 14.1 Å². The molecule has 1 heterocycles. The number of hydrogen-bond acceptors (Lipinski definition) is 3. The Labute approximate surface area is 62.4 Å². The van der Waals surface area contributed by atoms with Crippen molar-refractivity contribution >= 4 is 29.2 Å². The van der Waals surface area contributed by atoms with Gasteiger partial charge in [0.05, 0.1) is 18.1 Å². The molecule has 0 aromatic carbocycles. The van der Waals surface area contributed by atoms with Crippen LogP contribution in [0.3, 0.4) is 0 Å². The van der Waals surface area contributed by atoms with Gasteiger partial charge in [-0.05, 0) is 6.07 Å². The van der Waals surface area contributed by atoms with E-state index in [1.807, 2.05) is 0 Å². The van der Waals surface area contributed by atoms with Crippen molar-refractivity contribution in [3.63, 3.8) is 0 Å². The van der Waals surface area contributed by atoms with Gasteiger partial charge in [-0.1, -0.05) is 0 Å². The molecule has 0 aliphatic rings. The molecular weight excluding hydrogens is 161 g/mol. The fraction of sp³-hybridized carbons (Fsp3) is 0. The SMILES string of the molecule is ClN(Cl)c1ccnnc1. The Bertz CT molecular complexity index is 176. The summed E-state index contributed by atoms with van der Waals surface area (Å²) in [6.45, 7) is 0. The molecule has 3 nitrogen and oxygen atoms in total. The third kappa shape index (κ3) is 1.69. The van der Waals surface area contributed by atoms with Crippen molar-refractivity contribution in [1.82, 2.24) is 10.2 Å². The van der Waals surface area contributed by atoms with Crippen LogP contribution in [0.2, 0.25) is 0 Å². The first-order valence-corrected chi connectivity index (χ1v) is 2.86. The summed E-state index contributed by atoms with van der Waals surface area (Å²) in [6.07, 6.45) is 2.97. The average molecular weight is 164 g/mol. The molecule has 0 radical (unpaired) electrons. The lowest BCUT2D eigenvalue weighted by Gasteiger charge is -2.00. The third-order valence-corrected chi connectivity index (χ3v) is 1.15. The molecule has 9 heavy (non-hydrogen) atoms. The van der Waals surface area contributed by atoms with Gasteiger partial charge in [0.1, 0.15) is 0 Å². The van der Waals surface area contributed by atoms with Crippen LogP contribution in [0.4, 0.5) is 5.69 Å². The maximum atomic E-state index is 5.33. The van der Waals surface area contributed by atoms with Crippen LogP contribution in [0.1, 0.15) is 0 Å². The minimum Gasteiger partial charge on any atom is -0.192 e. The van der Waals surface area contributed by atoms with Crippen LogP contribution in [-0.2, 0) is 0 Å². The van der Waals surface area contributed by atoms with Gasteiger partial charge in [0.25, 0.3) is 0 Å². The molecule has 0 unspecified atom stereocenters.